The van der Waals surface area contributed by atoms with Gasteiger partial charge in [0.1, 0.15) is 5.75 Å². The first-order valence-electron chi connectivity index (χ1n) is 9.35. The molecule has 1 atom stereocenters. The first-order chi connectivity index (χ1) is 12.6. The van der Waals surface area contributed by atoms with Gasteiger partial charge < -0.3 is 10.1 Å². The standard InChI is InChI=1S/C22H26N2O2/c1-16-6-5-8-18(20(16)26-2)14-24-13-12-22(15-24)11-10-17-7-3-4-9-19(17)21(25)23-22/h3-9H,10-15H2,1-2H3,(H,23,25). The first-order valence-corrected chi connectivity index (χ1v) is 9.35. The van der Waals surface area contributed by atoms with Gasteiger partial charge in [-0.15, -0.1) is 0 Å². The Balaban J connectivity index is 1.51. The number of carbonyl (C=O) groups is 1. The van der Waals surface area contributed by atoms with Crippen LogP contribution in [0.3, 0.4) is 0 Å². The van der Waals surface area contributed by atoms with Gasteiger partial charge in [-0.3, -0.25) is 9.69 Å². The van der Waals surface area contributed by atoms with Crippen LogP contribution in [0.15, 0.2) is 42.5 Å². The van der Waals surface area contributed by atoms with Gasteiger partial charge in [-0.05, 0) is 43.4 Å². The van der Waals surface area contributed by atoms with Gasteiger partial charge in [0.05, 0.1) is 12.6 Å². The molecule has 1 spiro atoms. The summed E-state index contributed by atoms with van der Waals surface area (Å²) in [6.07, 6.45) is 2.95. The molecule has 1 amide bonds. The number of aryl methyl sites for hydroxylation is 2. The second-order valence-electron chi connectivity index (χ2n) is 7.62. The van der Waals surface area contributed by atoms with E-state index in [4.69, 9.17) is 4.74 Å². The quantitative estimate of drug-likeness (QED) is 0.923. The summed E-state index contributed by atoms with van der Waals surface area (Å²) in [5, 5.41) is 3.35. The first kappa shape index (κ1) is 17.1. The van der Waals surface area contributed by atoms with Gasteiger partial charge in [0.2, 0.25) is 0 Å². The molecular formula is C22H26N2O2. The molecule has 26 heavy (non-hydrogen) atoms. The predicted octanol–water partition coefficient (Wildman–Crippen LogP) is 3.32. The van der Waals surface area contributed by atoms with Crippen molar-refractivity contribution in [2.24, 2.45) is 0 Å². The summed E-state index contributed by atoms with van der Waals surface area (Å²) in [4.78, 5) is 15.2. The lowest BCUT2D eigenvalue weighted by molar-refractivity contribution is 0.0902. The Morgan fingerprint density at radius 2 is 2.00 bits per heavy atom. The average molecular weight is 350 g/mol. The number of fused-ring (bicyclic) bond motifs is 1. The van der Waals surface area contributed by atoms with Crippen molar-refractivity contribution in [3.8, 4) is 5.75 Å². The fourth-order valence-corrected chi connectivity index (χ4v) is 4.47. The summed E-state index contributed by atoms with van der Waals surface area (Å²) < 4.78 is 5.61. The normalized spacial score (nSPS) is 22.8. The van der Waals surface area contributed by atoms with Gasteiger partial charge in [0.25, 0.3) is 5.91 Å². The van der Waals surface area contributed by atoms with Crippen molar-refractivity contribution in [1.29, 1.82) is 0 Å². The van der Waals surface area contributed by atoms with Gasteiger partial charge in [-0.1, -0.05) is 36.4 Å². The van der Waals surface area contributed by atoms with Gasteiger partial charge in [-0.25, -0.2) is 0 Å². The summed E-state index contributed by atoms with van der Waals surface area (Å²) in [6.45, 7) is 4.82. The van der Waals surface area contributed by atoms with E-state index in [1.807, 2.05) is 18.2 Å². The molecule has 0 aliphatic carbocycles. The van der Waals surface area contributed by atoms with Gasteiger partial charge >= 0.3 is 0 Å². The number of methoxy groups -OCH3 is 1. The molecule has 4 rings (SSSR count). The number of likely N-dealkylation sites (tertiary alicyclic amines) is 1. The van der Waals surface area contributed by atoms with Crippen LogP contribution in [0.1, 0.15) is 39.9 Å². The zero-order valence-electron chi connectivity index (χ0n) is 15.5. The molecule has 2 aliphatic rings. The summed E-state index contributed by atoms with van der Waals surface area (Å²) in [5.74, 6) is 1.05. The number of para-hydroxylation sites is 1. The van der Waals surface area contributed by atoms with E-state index in [-0.39, 0.29) is 11.4 Å². The predicted molar refractivity (Wildman–Crippen MR) is 103 cm³/mol. The van der Waals surface area contributed by atoms with E-state index in [1.54, 1.807) is 7.11 Å². The largest absolute Gasteiger partial charge is 0.496 e. The molecule has 2 aliphatic heterocycles. The molecule has 4 nitrogen and oxygen atoms in total. The Morgan fingerprint density at radius 3 is 2.85 bits per heavy atom. The van der Waals surface area contributed by atoms with E-state index in [9.17, 15) is 4.79 Å². The molecular weight excluding hydrogens is 324 g/mol. The number of nitrogens with zero attached hydrogens (tertiary/aromatic N) is 1. The third kappa shape index (κ3) is 3.10. The van der Waals surface area contributed by atoms with E-state index in [0.717, 1.165) is 55.8 Å². The fraction of sp³-hybridized carbons (Fsp3) is 0.409. The molecule has 0 saturated carbocycles. The van der Waals surface area contributed by atoms with Gasteiger partial charge in [0.15, 0.2) is 0 Å². The Bertz CT molecular complexity index is 833. The molecule has 1 fully saturated rings. The Kier molecular flexibility index (Phi) is 4.45. The maximum Gasteiger partial charge on any atom is 0.252 e. The molecule has 2 aromatic carbocycles. The summed E-state index contributed by atoms with van der Waals surface area (Å²) >= 11 is 0. The average Bonchev–Trinajstić information content (AvgIpc) is 2.96. The van der Waals surface area contributed by atoms with Crippen molar-refractivity contribution < 1.29 is 9.53 Å². The van der Waals surface area contributed by atoms with Crippen LogP contribution in [0.2, 0.25) is 0 Å². The van der Waals surface area contributed by atoms with Crippen molar-refractivity contribution in [3.05, 3.63) is 64.7 Å². The minimum absolute atomic E-state index is 0.0769. The Morgan fingerprint density at radius 1 is 1.15 bits per heavy atom. The number of ether oxygens (including phenoxy) is 1. The van der Waals surface area contributed by atoms with Crippen molar-refractivity contribution in [1.82, 2.24) is 10.2 Å². The van der Waals surface area contributed by atoms with Crippen molar-refractivity contribution in [2.45, 2.75) is 38.3 Å². The van der Waals surface area contributed by atoms with Crippen LogP contribution >= 0.6 is 0 Å². The monoisotopic (exact) mass is 350 g/mol. The third-order valence-corrected chi connectivity index (χ3v) is 5.84. The lowest BCUT2D eigenvalue weighted by Gasteiger charge is -2.29. The van der Waals surface area contributed by atoms with Crippen molar-refractivity contribution >= 4 is 5.91 Å². The smallest absolute Gasteiger partial charge is 0.252 e. The van der Waals surface area contributed by atoms with E-state index >= 15 is 0 Å². The second kappa shape index (κ2) is 6.76. The van der Waals surface area contributed by atoms with E-state index < -0.39 is 0 Å². The highest BCUT2D eigenvalue weighted by molar-refractivity contribution is 5.96. The molecule has 0 aromatic heterocycles. The zero-order chi connectivity index (χ0) is 18.1. The molecule has 2 heterocycles. The molecule has 0 bridgehead atoms. The van der Waals surface area contributed by atoms with Crippen LogP contribution in [-0.2, 0) is 13.0 Å². The number of amides is 1. The van der Waals surface area contributed by atoms with Crippen LogP contribution in [0.25, 0.3) is 0 Å². The second-order valence-corrected chi connectivity index (χ2v) is 7.62. The molecule has 1 unspecified atom stereocenters. The van der Waals surface area contributed by atoms with Crippen LogP contribution in [-0.4, -0.2) is 36.5 Å². The fourth-order valence-electron chi connectivity index (χ4n) is 4.47. The van der Waals surface area contributed by atoms with Crippen LogP contribution in [0.4, 0.5) is 0 Å². The summed E-state index contributed by atoms with van der Waals surface area (Å²) in [7, 11) is 1.74. The van der Waals surface area contributed by atoms with Gasteiger partial charge in [0, 0.05) is 30.8 Å². The Hall–Kier alpha value is -2.33. The van der Waals surface area contributed by atoms with Crippen LogP contribution in [0.5, 0.6) is 5.75 Å². The SMILES string of the molecule is COc1c(C)cccc1CN1CCC2(CCc3ccccc3C(=O)N2)C1. The number of benzene rings is 2. The maximum absolute atomic E-state index is 12.7. The number of hydrogen-bond donors (Lipinski definition) is 1. The van der Waals surface area contributed by atoms with E-state index in [0.29, 0.717) is 0 Å². The lowest BCUT2D eigenvalue weighted by atomic mass is 9.91. The Labute approximate surface area is 155 Å². The zero-order valence-corrected chi connectivity index (χ0v) is 15.5. The third-order valence-electron chi connectivity index (χ3n) is 5.84. The highest BCUT2D eigenvalue weighted by Crippen LogP contribution is 2.33. The summed E-state index contributed by atoms with van der Waals surface area (Å²) in [6, 6.07) is 14.3. The number of carbonyl (C=O) groups excluding carboxylic acids is 1. The molecule has 2 aromatic rings. The molecule has 1 saturated heterocycles. The van der Waals surface area contributed by atoms with E-state index in [2.05, 4.69) is 41.4 Å². The number of nitrogens with one attached hydrogen (secondary N) is 1. The van der Waals surface area contributed by atoms with Crippen LogP contribution in [0, 0.1) is 6.92 Å². The maximum atomic E-state index is 12.7. The molecule has 1 N–H and O–H groups in total. The number of hydrogen-bond acceptors (Lipinski definition) is 3. The topological polar surface area (TPSA) is 41.6 Å². The highest BCUT2D eigenvalue weighted by Gasteiger charge is 2.41. The number of rotatable bonds is 3. The minimum Gasteiger partial charge on any atom is -0.496 e. The summed E-state index contributed by atoms with van der Waals surface area (Å²) in [5.41, 5.74) is 4.27. The molecule has 0 radical (unpaired) electrons. The van der Waals surface area contributed by atoms with Gasteiger partial charge in [-0.2, -0.15) is 0 Å². The van der Waals surface area contributed by atoms with E-state index in [1.165, 1.54) is 11.1 Å². The van der Waals surface area contributed by atoms with Crippen molar-refractivity contribution in [3.63, 3.8) is 0 Å². The van der Waals surface area contributed by atoms with Crippen molar-refractivity contribution in [2.75, 3.05) is 20.2 Å². The highest BCUT2D eigenvalue weighted by atomic mass is 16.5. The minimum atomic E-state index is -0.118. The lowest BCUT2D eigenvalue weighted by Crippen LogP contribution is -2.49. The van der Waals surface area contributed by atoms with Crippen LogP contribution < -0.4 is 10.1 Å². The molecule has 136 valence electrons. The molecule has 4 heteroatoms.